The average molecular weight is 435 g/mol. The molecule has 0 spiro atoms. The summed E-state index contributed by atoms with van der Waals surface area (Å²) in [4.78, 5) is 50.3. The monoisotopic (exact) mass is 434 g/mol. The summed E-state index contributed by atoms with van der Waals surface area (Å²) in [7, 11) is 0. The number of likely N-dealkylation sites (tertiary alicyclic amines) is 1. The minimum Gasteiger partial charge on any atom is -0.480 e. The molecule has 11 heteroatoms. The van der Waals surface area contributed by atoms with Crippen LogP contribution in [0.15, 0.2) is 0 Å². The molecule has 5 unspecified atom stereocenters. The van der Waals surface area contributed by atoms with Gasteiger partial charge in [-0.3, -0.25) is 14.4 Å². The van der Waals surface area contributed by atoms with Crippen molar-refractivity contribution in [3.8, 4) is 0 Å². The molecule has 0 saturated carbocycles. The van der Waals surface area contributed by atoms with Crippen molar-refractivity contribution in [3.63, 3.8) is 0 Å². The fourth-order valence-electron chi connectivity index (χ4n) is 2.98. The molecule has 1 aliphatic heterocycles. The Bertz CT molecular complexity index is 592. The van der Waals surface area contributed by atoms with Gasteiger partial charge < -0.3 is 26.4 Å². The van der Waals surface area contributed by atoms with Gasteiger partial charge in [-0.05, 0) is 18.8 Å². The Morgan fingerprint density at radius 1 is 1.21 bits per heavy atom. The molecule has 0 aromatic rings. The first-order valence-electron chi connectivity index (χ1n) is 9.29. The van der Waals surface area contributed by atoms with Crippen molar-refractivity contribution in [3.05, 3.63) is 0 Å². The summed E-state index contributed by atoms with van der Waals surface area (Å²) < 4.78 is 0. The van der Waals surface area contributed by atoms with Crippen LogP contribution in [0.5, 0.6) is 0 Å². The van der Waals surface area contributed by atoms with Crippen LogP contribution < -0.4 is 16.4 Å². The summed E-state index contributed by atoms with van der Waals surface area (Å²) in [5.41, 5.74) is 5.62. The molecule has 1 heterocycles. The van der Waals surface area contributed by atoms with Gasteiger partial charge in [0.25, 0.3) is 0 Å². The fraction of sp³-hybridized carbons (Fsp3) is 0.765. The number of hydrogen-bond donors (Lipinski definition) is 6. The molecule has 0 radical (unpaired) electrons. The van der Waals surface area contributed by atoms with E-state index >= 15 is 0 Å². The van der Waals surface area contributed by atoms with E-state index in [-0.39, 0.29) is 17.4 Å². The molecule has 0 aromatic heterocycles. The molecule has 5 N–H and O–H groups in total. The summed E-state index contributed by atoms with van der Waals surface area (Å²) in [6.07, 6.45) is 1.62. The van der Waals surface area contributed by atoms with Crippen LogP contribution in [-0.4, -0.2) is 75.9 Å². The number of hydrogen-bond acceptors (Lipinski definition) is 7. The SMILES string of the molecule is CCC(C)C(NC(=O)C1CCCN1C(=O)C(CS)NC(=O)C(N)CS)C(=O)O. The number of thiol groups is 2. The van der Waals surface area contributed by atoms with E-state index < -0.39 is 47.9 Å². The van der Waals surface area contributed by atoms with Crippen LogP contribution in [0.2, 0.25) is 0 Å². The second-order valence-electron chi connectivity index (χ2n) is 6.93. The Kier molecular flexibility index (Phi) is 10.1. The van der Waals surface area contributed by atoms with Gasteiger partial charge in [-0.2, -0.15) is 25.3 Å². The van der Waals surface area contributed by atoms with E-state index in [0.717, 1.165) is 0 Å². The highest BCUT2D eigenvalue weighted by atomic mass is 32.1. The van der Waals surface area contributed by atoms with E-state index in [0.29, 0.717) is 25.8 Å². The summed E-state index contributed by atoms with van der Waals surface area (Å²) in [6.45, 7) is 3.93. The third-order valence-electron chi connectivity index (χ3n) is 4.95. The largest absolute Gasteiger partial charge is 0.480 e. The van der Waals surface area contributed by atoms with Crippen molar-refractivity contribution in [2.24, 2.45) is 11.7 Å². The highest BCUT2D eigenvalue weighted by molar-refractivity contribution is 7.80. The number of nitrogens with one attached hydrogen (secondary N) is 2. The Morgan fingerprint density at radius 2 is 1.86 bits per heavy atom. The molecular weight excluding hydrogens is 404 g/mol. The maximum Gasteiger partial charge on any atom is 0.326 e. The number of nitrogens with zero attached hydrogens (tertiary/aromatic N) is 1. The molecule has 1 saturated heterocycles. The van der Waals surface area contributed by atoms with Gasteiger partial charge >= 0.3 is 5.97 Å². The van der Waals surface area contributed by atoms with Crippen LogP contribution in [-0.2, 0) is 19.2 Å². The molecule has 9 nitrogen and oxygen atoms in total. The van der Waals surface area contributed by atoms with Crippen LogP contribution in [0.25, 0.3) is 0 Å². The van der Waals surface area contributed by atoms with Crippen LogP contribution in [0.1, 0.15) is 33.1 Å². The van der Waals surface area contributed by atoms with Crippen LogP contribution in [0.4, 0.5) is 0 Å². The van der Waals surface area contributed by atoms with Crippen LogP contribution in [0, 0.1) is 5.92 Å². The first-order valence-corrected chi connectivity index (χ1v) is 10.6. The number of carboxylic acids is 1. The summed E-state index contributed by atoms with van der Waals surface area (Å²) in [6, 6.07) is -3.59. The van der Waals surface area contributed by atoms with Gasteiger partial charge in [-0.15, -0.1) is 0 Å². The Labute approximate surface area is 176 Å². The zero-order valence-corrected chi connectivity index (χ0v) is 17.9. The number of carboxylic acid groups (broad SMARTS) is 1. The predicted octanol–water partition coefficient (Wildman–Crippen LogP) is -0.735. The standard InChI is InChI=1S/C17H30N4O5S2/c1-3-9(2)13(17(25)26)20-15(23)12-5-4-6-21(12)16(24)11(8-28)19-14(22)10(18)7-27/h9-13,27-28H,3-8,18H2,1-2H3,(H,19,22)(H,20,23)(H,25,26). The molecule has 0 aliphatic carbocycles. The molecule has 1 aliphatic rings. The smallest absolute Gasteiger partial charge is 0.326 e. The number of nitrogens with two attached hydrogens (primary N) is 1. The van der Waals surface area contributed by atoms with E-state index in [2.05, 4.69) is 35.9 Å². The maximum absolute atomic E-state index is 12.9. The van der Waals surface area contributed by atoms with Crippen molar-refractivity contribution < 1.29 is 24.3 Å². The zero-order chi connectivity index (χ0) is 21.4. The molecular formula is C17H30N4O5S2. The van der Waals surface area contributed by atoms with Crippen molar-refractivity contribution in [2.75, 3.05) is 18.1 Å². The normalized spacial score (nSPS) is 20.8. The highest BCUT2D eigenvalue weighted by Gasteiger charge is 2.39. The van der Waals surface area contributed by atoms with Crippen molar-refractivity contribution >= 4 is 48.9 Å². The first-order chi connectivity index (χ1) is 13.2. The average Bonchev–Trinajstić information content (AvgIpc) is 3.17. The van der Waals surface area contributed by atoms with Crippen LogP contribution >= 0.6 is 25.3 Å². The number of rotatable bonds is 10. The quantitative estimate of drug-likeness (QED) is 0.250. The predicted molar refractivity (Wildman–Crippen MR) is 111 cm³/mol. The third kappa shape index (κ3) is 6.28. The molecule has 3 amide bonds. The van der Waals surface area contributed by atoms with E-state index in [4.69, 9.17) is 5.73 Å². The Morgan fingerprint density at radius 3 is 2.36 bits per heavy atom. The lowest BCUT2D eigenvalue weighted by molar-refractivity contribution is -0.145. The topological polar surface area (TPSA) is 142 Å². The number of amides is 3. The molecule has 5 atom stereocenters. The van der Waals surface area contributed by atoms with Crippen molar-refractivity contribution in [1.29, 1.82) is 0 Å². The summed E-state index contributed by atoms with van der Waals surface area (Å²) in [5.74, 6) is -2.67. The molecule has 1 fully saturated rings. The second kappa shape index (κ2) is 11.5. The summed E-state index contributed by atoms with van der Waals surface area (Å²) in [5, 5.41) is 14.5. The lowest BCUT2D eigenvalue weighted by Crippen LogP contribution is -2.58. The summed E-state index contributed by atoms with van der Waals surface area (Å²) >= 11 is 8.08. The molecule has 0 bridgehead atoms. The molecule has 28 heavy (non-hydrogen) atoms. The lowest BCUT2D eigenvalue weighted by Gasteiger charge is -2.30. The highest BCUT2D eigenvalue weighted by Crippen LogP contribution is 2.20. The van der Waals surface area contributed by atoms with Gasteiger partial charge in [0.15, 0.2) is 0 Å². The fourth-order valence-corrected chi connectivity index (χ4v) is 3.40. The molecule has 160 valence electrons. The van der Waals surface area contributed by atoms with Crippen molar-refractivity contribution in [1.82, 2.24) is 15.5 Å². The minimum atomic E-state index is -1.11. The van der Waals surface area contributed by atoms with Crippen LogP contribution in [0.3, 0.4) is 0 Å². The van der Waals surface area contributed by atoms with Gasteiger partial charge in [0.2, 0.25) is 17.7 Å². The second-order valence-corrected chi connectivity index (χ2v) is 7.66. The maximum atomic E-state index is 12.9. The van der Waals surface area contributed by atoms with Gasteiger partial charge in [0, 0.05) is 18.1 Å². The first kappa shape index (κ1) is 24.6. The van der Waals surface area contributed by atoms with Gasteiger partial charge in [0.05, 0.1) is 6.04 Å². The van der Waals surface area contributed by atoms with Gasteiger partial charge in [-0.1, -0.05) is 20.3 Å². The van der Waals surface area contributed by atoms with E-state index in [1.54, 1.807) is 6.92 Å². The Hall–Kier alpha value is -1.46. The Balaban J connectivity index is 2.86. The number of aliphatic carboxylic acids is 1. The third-order valence-corrected chi connectivity index (χ3v) is 5.70. The lowest BCUT2D eigenvalue weighted by atomic mass is 9.98. The molecule has 1 rings (SSSR count). The van der Waals surface area contributed by atoms with E-state index in [1.807, 2.05) is 6.92 Å². The van der Waals surface area contributed by atoms with Gasteiger partial charge in [-0.25, -0.2) is 4.79 Å². The number of carbonyl (C=O) groups excluding carboxylic acids is 3. The zero-order valence-electron chi connectivity index (χ0n) is 16.1. The molecule has 0 aromatic carbocycles. The van der Waals surface area contributed by atoms with Gasteiger partial charge in [0.1, 0.15) is 18.1 Å². The minimum absolute atomic E-state index is 0.0410. The van der Waals surface area contributed by atoms with E-state index in [1.165, 1.54) is 4.90 Å². The van der Waals surface area contributed by atoms with E-state index in [9.17, 15) is 24.3 Å². The van der Waals surface area contributed by atoms with Crippen molar-refractivity contribution in [2.45, 2.75) is 57.3 Å². The number of carbonyl (C=O) groups is 4.